The maximum atomic E-state index is 12.2. The van der Waals surface area contributed by atoms with E-state index < -0.39 is 6.03 Å². The molecule has 0 saturated heterocycles. The highest BCUT2D eigenvalue weighted by Gasteiger charge is 2.44. The molecule has 2 atom stereocenters. The first-order valence-corrected chi connectivity index (χ1v) is 8.43. The molecule has 0 radical (unpaired) electrons. The molecule has 1 fully saturated rings. The molecule has 2 aromatic carbocycles. The fraction of sp³-hybridized carbons (Fsp3) is 0.263. The molecule has 134 valence electrons. The molecule has 0 bridgehead atoms. The minimum absolute atomic E-state index is 0.108. The predicted molar refractivity (Wildman–Crippen MR) is 94.9 cm³/mol. The Morgan fingerprint density at radius 1 is 1.00 bits per heavy atom. The topological polar surface area (TPSA) is 88.7 Å². The van der Waals surface area contributed by atoms with Gasteiger partial charge < -0.3 is 14.8 Å². The number of benzene rings is 2. The number of rotatable bonds is 3. The van der Waals surface area contributed by atoms with Gasteiger partial charge in [0.25, 0.3) is 0 Å². The number of anilines is 1. The summed E-state index contributed by atoms with van der Waals surface area (Å²) in [6.07, 6.45) is 0.792. The smallest absolute Gasteiger partial charge is 0.337 e. The highest BCUT2D eigenvalue weighted by atomic mass is 16.7. The summed E-state index contributed by atoms with van der Waals surface area (Å²) in [5, 5.41) is 2.64. The molecule has 1 aliphatic carbocycles. The number of hydrogen-bond acceptors (Lipinski definition) is 4. The van der Waals surface area contributed by atoms with Gasteiger partial charge in [-0.25, -0.2) is 10.2 Å². The van der Waals surface area contributed by atoms with E-state index in [1.54, 1.807) is 18.2 Å². The van der Waals surface area contributed by atoms with Crippen molar-refractivity contribution >= 4 is 17.6 Å². The lowest BCUT2D eigenvalue weighted by Crippen LogP contribution is -2.44. The molecule has 7 heteroatoms. The van der Waals surface area contributed by atoms with Gasteiger partial charge in [0.2, 0.25) is 12.7 Å². The van der Waals surface area contributed by atoms with Gasteiger partial charge in [0, 0.05) is 17.7 Å². The Morgan fingerprint density at radius 2 is 1.77 bits per heavy atom. The van der Waals surface area contributed by atoms with E-state index in [-0.39, 0.29) is 24.5 Å². The minimum atomic E-state index is -0.523. The van der Waals surface area contributed by atoms with Crippen molar-refractivity contribution in [2.75, 3.05) is 12.1 Å². The van der Waals surface area contributed by atoms with Crippen LogP contribution in [0.2, 0.25) is 0 Å². The van der Waals surface area contributed by atoms with E-state index in [4.69, 9.17) is 9.47 Å². The highest BCUT2D eigenvalue weighted by molar-refractivity contribution is 5.92. The van der Waals surface area contributed by atoms with Crippen LogP contribution in [0.1, 0.15) is 23.5 Å². The molecule has 2 aromatic rings. The lowest BCUT2D eigenvalue weighted by molar-refractivity contribution is -0.123. The monoisotopic (exact) mass is 353 g/mol. The first-order valence-electron chi connectivity index (χ1n) is 8.43. The third kappa shape index (κ3) is 3.42. The van der Waals surface area contributed by atoms with Crippen LogP contribution in [0.5, 0.6) is 11.5 Å². The van der Waals surface area contributed by atoms with Gasteiger partial charge in [-0.15, -0.1) is 0 Å². The Bertz CT molecular complexity index is 850. The van der Waals surface area contributed by atoms with Gasteiger partial charge >= 0.3 is 6.03 Å². The number of nitrogens with one attached hydrogen (secondary N) is 3. The summed E-state index contributed by atoms with van der Waals surface area (Å²) in [7, 11) is 0. The van der Waals surface area contributed by atoms with Crippen molar-refractivity contribution in [1.29, 1.82) is 0 Å². The molecule has 0 unspecified atom stereocenters. The first-order chi connectivity index (χ1) is 12.6. The van der Waals surface area contributed by atoms with E-state index in [2.05, 4.69) is 16.2 Å². The maximum absolute atomic E-state index is 12.2. The second-order valence-corrected chi connectivity index (χ2v) is 6.50. The van der Waals surface area contributed by atoms with Gasteiger partial charge in [-0.05, 0) is 37.0 Å². The van der Waals surface area contributed by atoms with Crippen molar-refractivity contribution in [1.82, 2.24) is 10.9 Å². The summed E-state index contributed by atoms with van der Waals surface area (Å²) >= 11 is 0. The Morgan fingerprint density at radius 3 is 2.58 bits per heavy atom. The third-order valence-electron chi connectivity index (χ3n) is 4.56. The maximum Gasteiger partial charge on any atom is 0.337 e. The zero-order chi connectivity index (χ0) is 18.1. The van der Waals surface area contributed by atoms with Crippen LogP contribution >= 0.6 is 0 Å². The van der Waals surface area contributed by atoms with Gasteiger partial charge in [-0.3, -0.25) is 10.2 Å². The number of carbonyl (C=O) groups excluding carboxylic acids is 2. The van der Waals surface area contributed by atoms with Crippen LogP contribution in [0.25, 0.3) is 0 Å². The Hall–Kier alpha value is -3.22. The van der Waals surface area contributed by atoms with Gasteiger partial charge in [0.1, 0.15) is 0 Å². The van der Waals surface area contributed by atoms with Crippen molar-refractivity contribution < 1.29 is 19.1 Å². The fourth-order valence-corrected chi connectivity index (χ4v) is 3.01. The first kappa shape index (κ1) is 16.3. The Balaban J connectivity index is 1.26. The number of aryl methyl sites for hydroxylation is 1. The Labute approximate surface area is 150 Å². The molecule has 1 aliphatic heterocycles. The van der Waals surface area contributed by atoms with Crippen molar-refractivity contribution in [2.45, 2.75) is 19.3 Å². The summed E-state index contributed by atoms with van der Waals surface area (Å²) in [6.45, 7) is 2.20. The summed E-state index contributed by atoms with van der Waals surface area (Å²) in [5.41, 5.74) is 7.74. The zero-order valence-corrected chi connectivity index (χ0v) is 14.2. The molecule has 3 N–H and O–H groups in total. The molecule has 26 heavy (non-hydrogen) atoms. The molecule has 0 aromatic heterocycles. The van der Waals surface area contributed by atoms with Crippen LogP contribution in [0.3, 0.4) is 0 Å². The van der Waals surface area contributed by atoms with Crippen LogP contribution < -0.4 is 25.6 Å². The van der Waals surface area contributed by atoms with Crippen molar-refractivity contribution in [2.24, 2.45) is 5.92 Å². The van der Waals surface area contributed by atoms with Crippen LogP contribution in [0.15, 0.2) is 42.5 Å². The Kier molecular flexibility index (Phi) is 4.12. The van der Waals surface area contributed by atoms with E-state index in [0.717, 1.165) is 12.0 Å². The molecule has 3 amide bonds. The number of hydrazine groups is 1. The number of ether oxygens (including phenoxy) is 2. The highest BCUT2D eigenvalue weighted by Crippen LogP contribution is 2.47. The van der Waals surface area contributed by atoms with E-state index in [9.17, 15) is 9.59 Å². The van der Waals surface area contributed by atoms with Crippen LogP contribution in [-0.4, -0.2) is 18.7 Å². The van der Waals surface area contributed by atoms with Crippen molar-refractivity contribution in [3.05, 3.63) is 53.6 Å². The SMILES string of the molecule is Cc1ccc([C@H]2C[C@@H]2C(=O)NNC(=O)Nc2ccc3c(c2)OCO3)cc1. The largest absolute Gasteiger partial charge is 0.454 e. The normalized spacial score (nSPS) is 19.6. The van der Waals surface area contributed by atoms with E-state index >= 15 is 0 Å². The fourth-order valence-electron chi connectivity index (χ4n) is 3.01. The van der Waals surface area contributed by atoms with Gasteiger partial charge in [-0.2, -0.15) is 0 Å². The standard InChI is InChI=1S/C19H19N3O4/c1-11-2-4-12(5-3-11)14-9-15(14)18(23)21-22-19(24)20-13-6-7-16-17(8-13)26-10-25-16/h2-8,14-15H,9-10H2,1H3,(H,21,23)(H2,20,22,24)/t14-,15+/m1/s1. The summed E-state index contributed by atoms with van der Waals surface area (Å²) in [5.74, 6) is 1.14. The lowest BCUT2D eigenvalue weighted by Gasteiger charge is -2.09. The summed E-state index contributed by atoms with van der Waals surface area (Å²) in [4.78, 5) is 24.1. The summed E-state index contributed by atoms with van der Waals surface area (Å²) in [6, 6.07) is 12.7. The molecule has 1 heterocycles. The van der Waals surface area contributed by atoms with E-state index in [0.29, 0.717) is 17.2 Å². The molecular weight excluding hydrogens is 334 g/mol. The summed E-state index contributed by atoms with van der Waals surface area (Å²) < 4.78 is 10.5. The van der Waals surface area contributed by atoms with Gasteiger partial charge in [0.05, 0.1) is 0 Å². The molecule has 1 saturated carbocycles. The van der Waals surface area contributed by atoms with Crippen molar-refractivity contribution in [3.63, 3.8) is 0 Å². The second-order valence-electron chi connectivity index (χ2n) is 6.50. The van der Waals surface area contributed by atoms with Crippen LogP contribution in [-0.2, 0) is 4.79 Å². The van der Waals surface area contributed by atoms with E-state index in [1.165, 1.54) is 5.56 Å². The quantitative estimate of drug-likeness (QED) is 0.740. The molecule has 4 rings (SSSR count). The van der Waals surface area contributed by atoms with Crippen LogP contribution in [0, 0.1) is 12.8 Å². The molecule has 0 spiro atoms. The molecular formula is C19H19N3O4. The molecule has 2 aliphatic rings. The van der Waals surface area contributed by atoms with Gasteiger partial charge in [0.15, 0.2) is 11.5 Å². The molecule has 7 nitrogen and oxygen atoms in total. The van der Waals surface area contributed by atoms with Crippen LogP contribution in [0.4, 0.5) is 10.5 Å². The lowest BCUT2D eigenvalue weighted by atomic mass is 10.1. The average molecular weight is 353 g/mol. The second kappa shape index (κ2) is 6.59. The van der Waals surface area contributed by atoms with Gasteiger partial charge in [-0.1, -0.05) is 29.8 Å². The number of amides is 3. The number of urea groups is 1. The number of fused-ring (bicyclic) bond motifs is 1. The third-order valence-corrected chi connectivity index (χ3v) is 4.56. The van der Waals surface area contributed by atoms with E-state index in [1.807, 2.05) is 31.2 Å². The number of hydrogen-bond donors (Lipinski definition) is 3. The zero-order valence-electron chi connectivity index (χ0n) is 14.2. The minimum Gasteiger partial charge on any atom is -0.454 e. The predicted octanol–water partition coefficient (Wildman–Crippen LogP) is 2.68. The average Bonchev–Trinajstić information content (AvgIpc) is 3.30. The van der Waals surface area contributed by atoms with Crippen molar-refractivity contribution in [3.8, 4) is 11.5 Å². The number of carbonyl (C=O) groups is 2.